The van der Waals surface area contributed by atoms with Gasteiger partial charge >= 0.3 is 0 Å². The number of unbranched alkanes of at least 4 members (excludes halogenated alkanes) is 1. The topological polar surface area (TPSA) is 58.6 Å². The van der Waals surface area contributed by atoms with E-state index in [1.165, 1.54) is 4.90 Å². The van der Waals surface area contributed by atoms with Crippen molar-refractivity contribution in [1.29, 1.82) is 0 Å². The van der Waals surface area contributed by atoms with E-state index in [1.54, 1.807) is 18.2 Å². The van der Waals surface area contributed by atoms with Gasteiger partial charge in [-0.1, -0.05) is 63.9 Å². The monoisotopic (exact) mass is 440 g/mol. The van der Waals surface area contributed by atoms with E-state index in [2.05, 4.69) is 33.0 Å². The maximum absolute atomic E-state index is 13.3. The molecule has 1 aliphatic heterocycles. The lowest BCUT2D eigenvalue weighted by Gasteiger charge is -2.32. The minimum atomic E-state index is -0.348. The summed E-state index contributed by atoms with van der Waals surface area (Å²) in [5.41, 5.74) is 2.35. The van der Waals surface area contributed by atoms with E-state index < -0.39 is 0 Å². The molecule has 0 unspecified atom stereocenters. The zero-order chi connectivity index (χ0) is 22.6. The number of hydrogen-bond acceptors (Lipinski definition) is 3. The summed E-state index contributed by atoms with van der Waals surface area (Å²) in [6.07, 6.45) is 3.55. The van der Waals surface area contributed by atoms with Gasteiger partial charge in [0.25, 0.3) is 5.91 Å². The van der Waals surface area contributed by atoms with Crippen molar-refractivity contribution in [2.24, 2.45) is 0 Å². The second-order valence-corrected chi connectivity index (χ2v) is 9.13. The van der Waals surface area contributed by atoms with E-state index >= 15 is 0 Å². The van der Waals surface area contributed by atoms with Gasteiger partial charge in [0.2, 0.25) is 5.91 Å². The third kappa shape index (κ3) is 5.67. The number of nitrogens with one attached hydrogen (secondary N) is 1. The number of halogens is 1. The smallest absolute Gasteiger partial charge is 0.294 e. The molecule has 0 saturated carbocycles. The van der Waals surface area contributed by atoms with Crippen LogP contribution in [0.15, 0.2) is 48.2 Å². The van der Waals surface area contributed by atoms with Gasteiger partial charge in [-0.15, -0.1) is 0 Å². The highest BCUT2D eigenvalue weighted by Gasteiger charge is 2.33. The van der Waals surface area contributed by atoms with Crippen molar-refractivity contribution >= 4 is 35.2 Å². The Bertz CT molecular complexity index is 991. The third-order valence-electron chi connectivity index (χ3n) is 5.11. The molecule has 6 heteroatoms. The first-order valence-corrected chi connectivity index (χ1v) is 10.9. The molecule has 0 radical (unpaired) electrons. The molecule has 0 bridgehead atoms. The standard InChI is InChI=1S/C25H29ClN2O3/c1-5-6-13-27-23(29)16-28-20-15-18(25(2,3)4)9-12-21(20)31-22(24(28)30)14-17-7-10-19(26)11-8-17/h7-12,14-15H,5-6,13,16H2,1-4H3,(H,27,29). The van der Waals surface area contributed by atoms with Crippen molar-refractivity contribution in [1.82, 2.24) is 5.32 Å². The Balaban J connectivity index is 1.97. The van der Waals surface area contributed by atoms with Crippen LogP contribution in [0.4, 0.5) is 5.69 Å². The molecule has 5 nitrogen and oxygen atoms in total. The summed E-state index contributed by atoms with van der Waals surface area (Å²) in [4.78, 5) is 27.4. The average Bonchev–Trinajstić information content (AvgIpc) is 2.72. The first kappa shape index (κ1) is 22.9. The van der Waals surface area contributed by atoms with Crippen molar-refractivity contribution in [3.05, 3.63) is 64.4 Å². The maximum Gasteiger partial charge on any atom is 0.294 e. The van der Waals surface area contributed by atoms with Crippen LogP contribution in [0.25, 0.3) is 6.08 Å². The largest absolute Gasteiger partial charge is 0.449 e. The van der Waals surface area contributed by atoms with Crippen LogP contribution in [0.3, 0.4) is 0 Å². The fourth-order valence-electron chi connectivity index (χ4n) is 3.25. The van der Waals surface area contributed by atoms with E-state index in [-0.39, 0.29) is 29.5 Å². The van der Waals surface area contributed by atoms with E-state index in [9.17, 15) is 9.59 Å². The third-order valence-corrected chi connectivity index (χ3v) is 5.37. The average molecular weight is 441 g/mol. The molecule has 0 aromatic heterocycles. The molecular formula is C25H29ClN2O3. The SMILES string of the molecule is CCCCNC(=O)CN1C(=O)C(=Cc2ccc(Cl)cc2)Oc2ccc(C(C)(C)C)cc21. The van der Waals surface area contributed by atoms with E-state index in [4.69, 9.17) is 16.3 Å². The Kier molecular flexibility index (Phi) is 7.06. The second-order valence-electron chi connectivity index (χ2n) is 8.69. The van der Waals surface area contributed by atoms with Gasteiger partial charge in [-0.25, -0.2) is 0 Å². The number of carbonyl (C=O) groups is 2. The van der Waals surface area contributed by atoms with Gasteiger partial charge in [-0.2, -0.15) is 0 Å². The van der Waals surface area contributed by atoms with Crippen molar-refractivity contribution < 1.29 is 14.3 Å². The van der Waals surface area contributed by atoms with Crippen LogP contribution in [0.5, 0.6) is 5.75 Å². The number of ether oxygens (including phenoxy) is 1. The van der Waals surface area contributed by atoms with Crippen LogP contribution in [0.2, 0.25) is 5.02 Å². The molecule has 1 heterocycles. The summed E-state index contributed by atoms with van der Waals surface area (Å²) >= 11 is 5.96. The van der Waals surface area contributed by atoms with E-state index in [1.807, 2.05) is 30.3 Å². The second kappa shape index (κ2) is 9.56. The number of rotatable bonds is 6. The maximum atomic E-state index is 13.3. The van der Waals surface area contributed by atoms with Crippen LogP contribution in [0, 0.1) is 0 Å². The number of amides is 2. The van der Waals surface area contributed by atoms with Crippen molar-refractivity contribution in [2.45, 2.75) is 46.0 Å². The van der Waals surface area contributed by atoms with Crippen molar-refractivity contribution in [3.8, 4) is 5.75 Å². The lowest BCUT2D eigenvalue weighted by atomic mass is 9.86. The van der Waals surface area contributed by atoms with Gasteiger partial charge in [0, 0.05) is 11.6 Å². The molecule has 2 aromatic carbocycles. The number of hydrogen-bond donors (Lipinski definition) is 1. The van der Waals surface area contributed by atoms with Gasteiger partial charge in [-0.05, 0) is 53.3 Å². The first-order valence-electron chi connectivity index (χ1n) is 10.6. The number of benzene rings is 2. The van der Waals surface area contributed by atoms with Gasteiger partial charge in [-0.3, -0.25) is 14.5 Å². The Morgan fingerprint density at radius 2 is 1.87 bits per heavy atom. The first-order chi connectivity index (χ1) is 14.7. The van der Waals surface area contributed by atoms with E-state index in [0.717, 1.165) is 24.0 Å². The zero-order valence-corrected chi connectivity index (χ0v) is 19.3. The zero-order valence-electron chi connectivity index (χ0n) is 18.5. The normalized spacial score (nSPS) is 14.9. The molecule has 2 aromatic rings. The summed E-state index contributed by atoms with van der Waals surface area (Å²) < 4.78 is 5.96. The van der Waals surface area contributed by atoms with E-state index in [0.29, 0.717) is 23.0 Å². The van der Waals surface area contributed by atoms with Gasteiger partial charge in [0.1, 0.15) is 6.54 Å². The Labute approximate surface area is 189 Å². The molecule has 1 N–H and O–H groups in total. The summed E-state index contributed by atoms with van der Waals surface area (Å²) in [6, 6.07) is 12.9. The summed E-state index contributed by atoms with van der Waals surface area (Å²) in [7, 11) is 0. The molecule has 3 rings (SSSR count). The minimum Gasteiger partial charge on any atom is -0.449 e. The van der Waals surface area contributed by atoms with Crippen molar-refractivity contribution in [3.63, 3.8) is 0 Å². The predicted molar refractivity (Wildman–Crippen MR) is 125 cm³/mol. The molecule has 31 heavy (non-hydrogen) atoms. The fraction of sp³-hybridized carbons (Fsp3) is 0.360. The highest BCUT2D eigenvalue weighted by Crippen LogP contribution is 2.39. The predicted octanol–water partition coefficient (Wildman–Crippen LogP) is 5.32. The fourth-order valence-corrected chi connectivity index (χ4v) is 3.37. The van der Waals surface area contributed by atoms with Crippen LogP contribution < -0.4 is 15.0 Å². The highest BCUT2D eigenvalue weighted by atomic mass is 35.5. The van der Waals surface area contributed by atoms with Crippen LogP contribution in [-0.2, 0) is 15.0 Å². The summed E-state index contributed by atoms with van der Waals surface area (Å²) in [5, 5.41) is 3.50. The summed E-state index contributed by atoms with van der Waals surface area (Å²) in [5.74, 6) is 0.176. The lowest BCUT2D eigenvalue weighted by molar-refractivity contribution is -0.123. The molecule has 1 aliphatic rings. The number of carbonyl (C=O) groups excluding carboxylic acids is 2. The Hall–Kier alpha value is -2.79. The molecule has 0 atom stereocenters. The van der Waals surface area contributed by atoms with Crippen molar-refractivity contribution in [2.75, 3.05) is 18.0 Å². The van der Waals surface area contributed by atoms with Gasteiger partial charge in [0.05, 0.1) is 5.69 Å². The number of fused-ring (bicyclic) bond motifs is 1. The molecular weight excluding hydrogens is 412 g/mol. The molecule has 164 valence electrons. The summed E-state index contributed by atoms with van der Waals surface area (Å²) in [6.45, 7) is 8.91. The van der Waals surface area contributed by atoms with Gasteiger partial charge < -0.3 is 10.1 Å². The van der Waals surface area contributed by atoms with Crippen LogP contribution >= 0.6 is 11.6 Å². The molecule has 0 aliphatic carbocycles. The molecule has 2 amide bonds. The number of nitrogens with zero attached hydrogens (tertiary/aromatic N) is 1. The molecule has 0 fully saturated rings. The van der Waals surface area contributed by atoms with Gasteiger partial charge in [0.15, 0.2) is 11.5 Å². The van der Waals surface area contributed by atoms with Crippen LogP contribution in [-0.4, -0.2) is 24.9 Å². The lowest BCUT2D eigenvalue weighted by Crippen LogP contribution is -2.44. The molecule has 0 spiro atoms. The molecule has 0 saturated heterocycles. The minimum absolute atomic E-state index is 0.0650. The Morgan fingerprint density at radius 3 is 2.52 bits per heavy atom. The highest BCUT2D eigenvalue weighted by molar-refractivity contribution is 6.30. The Morgan fingerprint density at radius 1 is 1.16 bits per heavy atom. The quantitative estimate of drug-likeness (QED) is 0.488. The van der Waals surface area contributed by atoms with Crippen LogP contribution in [0.1, 0.15) is 51.7 Å². The number of anilines is 1.